The van der Waals surface area contributed by atoms with E-state index in [-0.39, 0.29) is 48.5 Å². The number of nitrogens with zero attached hydrogens (tertiary/aromatic N) is 2. The zero-order valence-corrected chi connectivity index (χ0v) is 21.8. The van der Waals surface area contributed by atoms with Crippen molar-refractivity contribution in [2.24, 2.45) is 0 Å². The molecule has 0 radical (unpaired) electrons. The molecule has 1 aromatic carbocycles. The van der Waals surface area contributed by atoms with Gasteiger partial charge in [-0.15, -0.1) is 0 Å². The summed E-state index contributed by atoms with van der Waals surface area (Å²) in [5, 5.41) is 5.00. The summed E-state index contributed by atoms with van der Waals surface area (Å²) in [6, 6.07) is 2.36. The molecule has 4 rings (SSSR count). The van der Waals surface area contributed by atoms with Crippen molar-refractivity contribution in [3.63, 3.8) is 0 Å². The van der Waals surface area contributed by atoms with E-state index >= 15 is 0 Å². The van der Waals surface area contributed by atoms with Crippen LogP contribution in [0.15, 0.2) is 18.2 Å². The fourth-order valence-corrected chi connectivity index (χ4v) is 4.53. The Morgan fingerprint density at radius 1 is 1.12 bits per heavy atom. The summed E-state index contributed by atoms with van der Waals surface area (Å²) >= 11 is 0. The number of rotatable bonds is 9. The van der Waals surface area contributed by atoms with Gasteiger partial charge in [-0.05, 0) is 13.8 Å². The van der Waals surface area contributed by atoms with Gasteiger partial charge in [0.25, 0.3) is 6.43 Å². The van der Waals surface area contributed by atoms with Gasteiger partial charge in [-0.2, -0.15) is 23.1 Å². The largest absolute Gasteiger partial charge is 0.467 e. The first kappa shape index (κ1) is 29.8. The van der Waals surface area contributed by atoms with Crippen LogP contribution in [0.4, 0.5) is 32.2 Å². The summed E-state index contributed by atoms with van der Waals surface area (Å²) in [6.45, 7) is 2.23. The molecule has 2 aromatic rings. The lowest BCUT2D eigenvalue weighted by atomic mass is 9.94. The maximum Gasteiger partial charge on any atom is 0.413 e. The van der Waals surface area contributed by atoms with Crippen LogP contribution in [0.5, 0.6) is 6.01 Å². The number of carbonyl (C=O) groups excluding carboxylic acids is 1. The lowest BCUT2D eigenvalue weighted by molar-refractivity contribution is -0.198. The van der Waals surface area contributed by atoms with Crippen LogP contribution >= 0.6 is 0 Å². The van der Waals surface area contributed by atoms with Crippen molar-refractivity contribution in [3.8, 4) is 6.01 Å². The van der Waals surface area contributed by atoms with Crippen LogP contribution in [0, 0.1) is 5.82 Å². The summed E-state index contributed by atoms with van der Waals surface area (Å²) in [7, 11) is 1.24. The third-order valence-electron chi connectivity index (χ3n) is 6.84. The average molecular weight is 579 g/mol. The second-order valence-electron chi connectivity index (χ2n) is 9.44. The number of halogens is 6. The highest BCUT2D eigenvalue weighted by Crippen LogP contribution is 2.40. The number of nitrogens with one attached hydrogen (secondary N) is 2. The highest BCUT2D eigenvalue weighted by Gasteiger charge is 2.58. The van der Waals surface area contributed by atoms with Crippen molar-refractivity contribution in [1.82, 2.24) is 15.3 Å². The van der Waals surface area contributed by atoms with Crippen molar-refractivity contribution in [2.75, 3.05) is 38.9 Å². The molecule has 0 bridgehead atoms. The van der Waals surface area contributed by atoms with Crippen LogP contribution in [-0.4, -0.2) is 61.1 Å². The van der Waals surface area contributed by atoms with Gasteiger partial charge < -0.3 is 29.6 Å². The first-order valence-corrected chi connectivity index (χ1v) is 12.4. The minimum Gasteiger partial charge on any atom is -0.467 e. The first-order valence-electron chi connectivity index (χ1n) is 12.4. The molecule has 15 heteroatoms. The molecule has 40 heavy (non-hydrogen) atoms. The van der Waals surface area contributed by atoms with Crippen molar-refractivity contribution in [2.45, 2.75) is 56.7 Å². The van der Waals surface area contributed by atoms with Crippen molar-refractivity contribution < 1.29 is 50.1 Å². The number of hydrogen-bond donors (Lipinski definition) is 2. The fraction of sp³-hybridized carbons (Fsp3) is 0.560. The van der Waals surface area contributed by atoms with E-state index < -0.39 is 66.7 Å². The highest BCUT2D eigenvalue weighted by atomic mass is 19.4. The minimum absolute atomic E-state index is 0.0440. The zero-order valence-electron chi connectivity index (χ0n) is 21.8. The number of ether oxygens (including phenoxy) is 4. The third kappa shape index (κ3) is 5.81. The summed E-state index contributed by atoms with van der Waals surface area (Å²) in [5.41, 5.74) is -3.45. The molecule has 1 amide bonds. The Hall–Kier alpha value is -3.17. The molecule has 2 unspecified atom stereocenters. The molecular weight excluding hydrogens is 550 g/mol. The van der Waals surface area contributed by atoms with E-state index in [1.54, 1.807) is 0 Å². The van der Waals surface area contributed by atoms with E-state index in [9.17, 15) is 31.1 Å². The topological polar surface area (TPSA) is 104 Å². The van der Waals surface area contributed by atoms with E-state index in [0.29, 0.717) is 0 Å². The van der Waals surface area contributed by atoms with Crippen LogP contribution < -0.4 is 15.4 Å². The van der Waals surface area contributed by atoms with Gasteiger partial charge in [0.1, 0.15) is 11.6 Å². The lowest BCUT2D eigenvalue weighted by Crippen LogP contribution is -2.60. The van der Waals surface area contributed by atoms with Crippen LogP contribution in [0.2, 0.25) is 0 Å². The van der Waals surface area contributed by atoms with Gasteiger partial charge in [0.15, 0.2) is 11.8 Å². The zero-order chi connectivity index (χ0) is 29.2. The Labute approximate surface area is 225 Å². The lowest BCUT2D eigenvalue weighted by Gasteiger charge is -2.32. The van der Waals surface area contributed by atoms with E-state index in [1.807, 2.05) is 0 Å². The number of carbonyl (C=O) groups is 1. The van der Waals surface area contributed by atoms with Crippen LogP contribution in [0.3, 0.4) is 0 Å². The number of methoxy groups -OCH3 is 1. The summed E-state index contributed by atoms with van der Waals surface area (Å²) in [5.74, 6) is -3.46. The number of aromatic nitrogens is 2. The Bertz CT molecular complexity index is 1220. The molecule has 2 fully saturated rings. The van der Waals surface area contributed by atoms with Crippen molar-refractivity contribution in [3.05, 3.63) is 46.4 Å². The predicted molar refractivity (Wildman–Crippen MR) is 127 cm³/mol. The molecule has 2 aliphatic rings. The SMILES string of the molecule is COc1nc(N[C@H](C)c2cccc(C(F)F)c2F)c(C2OCCO2)c(C(C)C(=O)NC2(C(F)(F)F)CCOC2)n1. The van der Waals surface area contributed by atoms with E-state index in [1.165, 1.54) is 33.1 Å². The normalized spacial score (nSPS) is 21.4. The molecule has 0 saturated carbocycles. The molecule has 3 heterocycles. The van der Waals surface area contributed by atoms with E-state index in [0.717, 1.165) is 6.07 Å². The Morgan fingerprint density at radius 3 is 2.38 bits per heavy atom. The molecule has 1 aromatic heterocycles. The number of amides is 1. The van der Waals surface area contributed by atoms with Gasteiger partial charge in [0.2, 0.25) is 5.91 Å². The maximum atomic E-state index is 14.9. The van der Waals surface area contributed by atoms with Crippen molar-refractivity contribution in [1.29, 1.82) is 0 Å². The van der Waals surface area contributed by atoms with Gasteiger partial charge >= 0.3 is 12.2 Å². The van der Waals surface area contributed by atoms with Gasteiger partial charge in [-0.25, -0.2) is 13.2 Å². The molecular formula is C25H28F6N4O5. The van der Waals surface area contributed by atoms with Gasteiger partial charge in [-0.3, -0.25) is 4.79 Å². The average Bonchev–Trinajstić information content (AvgIpc) is 3.60. The molecule has 2 N–H and O–H groups in total. The van der Waals surface area contributed by atoms with E-state index in [2.05, 4.69) is 20.6 Å². The molecule has 9 nitrogen and oxygen atoms in total. The maximum absolute atomic E-state index is 14.9. The molecule has 0 aliphatic carbocycles. The second kappa shape index (κ2) is 11.7. The van der Waals surface area contributed by atoms with Crippen LogP contribution in [0.25, 0.3) is 0 Å². The van der Waals surface area contributed by atoms with Gasteiger partial charge in [0.05, 0.1) is 55.7 Å². The van der Waals surface area contributed by atoms with Gasteiger partial charge in [0, 0.05) is 18.6 Å². The third-order valence-corrected chi connectivity index (χ3v) is 6.84. The van der Waals surface area contributed by atoms with E-state index in [4.69, 9.17) is 18.9 Å². The quantitative estimate of drug-likeness (QED) is 0.412. The van der Waals surface area contributed by atoms with Crippen LogP contribution in [0.1, 0.15) is 67.3 Å². The Balaban J connectivity index is 1.74. The highest BCUT2D eigenvalue weighted by molar-refractivity contribution is 5.84. The van der Waals surface area contributed by atoms with Crippen molar-refractivity contribution >= 4 is 11.7 Å². The molecule has 220 valence electrons. The summed E-state index contributed by atoms with van der Waals surface area (Å²) in [4.78, 5) is 21.7. The summed E-state index contributed by atoms with van der Waals surface area (Å²) in [6.07, 6.45) is -9.41. The fourth-order valence-electron chi connectivity index (χ4n) is 4.53. The molecule has 2 aliphatic heterocycles. The second-order valence-corrected chi connectivity index (χ2v) is 9.44. The molecule has 3 atom stereocenters. The molecule has 2 saturated heterocycles. The first-order chi connectivity index (χ1) is 18.9. The smallest absolute Gasteiger partial charge is 0.413 e. The standard InChI is InChI=1S/C25H28F6N4O5/c1-12(21(36)35-24(25(29,30)31)7-8-38-11-24)18-16(22-39-9-10-40-22)20(34-23(33-18)37-3)32-13(2)14-5-4-6-15(17(14)26)19(27)28/h4-6,12-13,19,22H,7-11H2,1-3H3,(H,35,36)(H,32,33,34)/t12?,13-,24?/m1/s1. The predicted octanol–water partition coefficient (Wildman–Crippen LogP) is 4.72. The Kier molecular flexibility index (Phi) is 8.75. The van der Waals surface area contributed by atoms with Gasteiger partial charge in [-0.1, -0.05) is 18.2 Å². The number of alkyl halides is 5. The van der Waals surface area contributed by atoms with Crippen LogP contribution in [-0.2, 0) is 19.0 Å². The monoisotopic (exact) mass is 578 g/mol. The molecule has 0 spiro atoms. The number of benzene rings is 1. The Morgan fingerprint density at radius 2 is 1.80 bits per heavy atom. The number of hydrogen-bond acceptors (Lipinski definition) is 8. The number of anilines is 1. The minimum atomic E-state index is -4.78. The summed E-state index contributed by atoms with van der Waals surface area (Å²) < 4.78 is 104.